The Balaban J connectivity index is 2.56. The van der Waals surface area contributed by atoms with E-state index in [2.05, 4.69) is 27.7 Å². The van der Waals surface area contributed by atoms with Gasteiger partial charge in [-0.3, -0.25) is 0 Å². The number of rotatable bonds is 2. The van der Waals surface area contributed by atoms with Crippen molar-refractivity contribution in [2.24, 2.45) is 11.8 Å². The molecular weight excluding hydrogens is 199 g/mol. The van der Waals surface area contributed by atoms with Crippen LogP contribution in [0.1, 0.15) is 38.8 Å². The lowest BCUT2D eigenvalue weighted by molar-refractivity contribution is 0.626. The normalized spacial score (nSPS) is 15.2. The summed E-state index contributed by atoms with van der Waals surface area (Å²) in [5, 5.41) is 0. The van der Waals surface area contributed by atoms with Gasteiger partial charge in [-0.05, 0) is 47.1 Å². The van der Waals surface area contributed by atoms with Gasteiger partial charge in [0, 0.05) is 0 Å². The van der Waals surface area contributed by atoms with E-state index in [1.54, 1.807) is 12.1 Å². The first-order valence-electron chi connectivity index (χ1n) is 6.02. The molecule has 0 spiro atoms. The fourth-order valence-corrected chi connectivity index (χ4v) is 2.62. The molecule has 0 aliphatic heterocycles. The summed E-state index contributed by atoms with van der Waals surface area (Å²) < 4.78 is 13.3. The van der Waals surface area contributed by atoms with Gasteiger partial charge < -0.3 is 0 Å². The molecule has 86 valence electrons. The van der Waals surface area contributed by atoms with Crippen LogP contribution >= 0.6 is 0 Å². The molecule has 0 fully saturated rings. The van der Waals surface area contributed by atoms with Crippen LogP contribution in [0.15, 0.2) is 23.8 Å². The van der Waals surface area contributed by atoms with E-state index in [9.17, 15) is 4.39 Å². The maximum atomic E-state index is 13.3. The Morgan fingerprint density at radius 3 is 2.31 bits per heavy atom. The highest BCUT2D eigenvalue weighted by Gasteiger charge is 2.25. The van der Waals surface area contributed by atoms with E-state index in [1.165, 1.54) is 16.7 Å². The Morgan fingerprint density at radius 2 is 1.75 bits per heavy atom. The lowest BCUT2D eigenvalue weighted by Crippen LogP contribution is -1.99. The fraction of sp³-hybridized carbons (Fsp3) is 0.467. The molecule has 0 atom stereocenters. The Bertz CT molecular complexity index is 439. The van der Waals surface area contributed by atoms with E-state index in [0.717, 1.165) is 12.0 Å². The minimum absolute atomic E-state index is 0.123. The highest BCUT2D eigenvalue weighted by atomic mass is 19.1. The maximum absolute atomic E-state index is 13.3. The zero-order valence-electron chi connectivity index (χ0n) is 10.5. The molecule has 0 saturated carbocycles. The van der Waals surface area contributed by atoms with E-state index in [1.807, 2.05) is 6.07 Å². The van der Waals surface area contributed by atoms with Crippen LogP contribution < -0.4 is 0 Å². The van der Waals surface area contributed by atoms with Gasteiger partial charge in [0.25, 0.3) is 0 Å². The molecule has 1 aliphatic rings. The van der Waals surface area contributed by atoms with Crippen LogP contribution in [0.3, 0.4) is 0 Å². The van der Waals surface area contributed by atoms with Gasteiger partial charge in [0.15, 0.2) is 0 Å². The van der Waals surface area contributed by atoms with Crippen molar-refractivity contribution in [3.8, 4) is 0 Å². The number of halogens is 1. The molecule has 0 nitrogen and oxygen atoms in total. The van der Waals surface area contributed by atoms with Gasteiger partial charge >= 0.3 is 0 Å². The largest absolute Gasteiger partial charge is 0.207 e. The van der Waals surface area contributed by atoms with Crippen LogP contribution in [-0.2, 0) is 6.42 Å². The number of allylic oxidation sites excluding steroid dienone is 2. The predicted molar refractivity (Wildman–Crippen MR) is 66.7 cm³/mol. The summed E-state index contributed by atoms with van der Waals surface area (Å²) in [6, 6.07) is 5.20. The van der Waals surface area contributed by atoms with E-state index in [4.69, 9.17) is 0 Å². The molecule has 1 aromatic carbocycles. The third-order valence-corrected chi connectivity index (χ3v) is 3.36. The van der Waals surface area contributed by atoms with Crippen molar-refractivity contribution in [1.82, 2.24) is 0 Å². The minimum Gasteiger partial charge on any atom is -0.207 e. The average molecular weight is 218 g/mol. The van der Waals surface area contributed by atoms with Gasteiger partial charge in [-0.15, -0.1) is 0 Å². The number of hydrogen-bond acceptors (Lipinski definition) is 0. The molecule has 1 aliphatic carbocycles. The van der Waals surface area contributed by atoms with Gasteiger partial charge in [-0.2, -0.15) is 0 Å². The summed E-state index contributed by atoms with van der Waals surface area (Å²) in [5.74, 6) is 0.898. The number of benzene rings is 1. The van der Waals surface area contributed by atoms with Crippen molar-refractivity contribution in [2.45, 2.75) is 34.1 Å². The van der Waals surface area contributed by atoms with Crippen molar-refractivity contribution in [3.05, 3.63) is 40.7 Å². The Labute approximate surface area is 97.2 Å². The third kappa shape index (κ3) is 1.79. The van der Waals surface area contributed by atoms with Gasteiger partial charge in [0.2, 0.25) is 0 Å². The zero-order chi connectivity index (χ0) is 11.9. The van der Waals surface area contributed by atoms with Crippen LogP contribution in [-0.4, -0.2) is 0 Å². The SMILES string of the molecule is CC(C)C1=C(C(C)C)c2cc(F)ccc2C1. The molecule has 0 N–H and O–H groups in total. The van der Waals surface area contributed by atoms with E-state index in [0.29, 0.717) is 11.8 Å². The summed E-state index contributed by atoms with van der Waals surface area (Å²) in [6.07, 6.45) is 1.00. The summed E-state index contributed by atoms with van der Waals surface area (Å²) in [5.41, 5.74) is 5.27. The Hall–Kier alpha value is -1.11. The van der Waals surface area contributed by atoms with E-state index < -0.39 is 0 Å². The fourth-order valence-electron chi connectivity index (χ4n) is 2.62. The van der Waals surface area contributed by atoms with Crippen LogP contribution in [0, 0.1) is 17.7 Å². The van der Waals surface area contributed by atoms with Crippen molar-refractivity contribution in [2.75, 3.05) is 0 Å². The summed E-state index contributed by atoms with van der Waals surface area (Å²) in [6.45, 7) is 8.83. The Morgan fingerprint density at radius 1 is 1.06 bits per heavy atom. The molecular formula is C15H19F. The summed E-state index contributed by atoms with van der Waals surface area (Å²) >= 11 is 0. The highest BCUT2D eigenvalue weighted by molar-refractivity contribution is 5.77. The molecule has 0 saturated heterocycles. The topological polar surface area (TPSA) is 0 Å². The van der Waals surface area contributed by atoms with Crippen LogP contribution in [0.5, 0.6) is 0 Å². The molecule has 0 aromatic heterocycles. The van der Waals surface area contributed by atoms with Crippen LogP contribution in [0.25, 0.3) is 5.57 Å². The smallest absolute Gasteiger partial charge is 0.123 e. The minimum atomic E-state index is -0.123. The van der Waals surface area contributed by atoms with Crippen LogP contribution in [0.4, 0.5) is 4.39 Å². The molecule has 0 unspecified atom stereocenters. The summed E-state index contributed by atoms with van der Waals surface area (Å²) in [7, 11) is 0. The first-order valence-corrected chi connectivity index (χ1v) is 6.02. The van der Waals surface area contributed by atoms with Crippen LogP contribution in [0.2, 0.25) is 0 Å². The lowest BCUT2D eigenvalue weighted by Gasteiger charge is -2.14. The van der Waals surface area contributed by atoms with Crippen molar-refractivity contribution >= 4 is 5.57 Å². The second-order valence-corrected chi connectivity index (χ2v) is 5.23. The van der Waals surface area contributed by atoms with Gasteiger partial charge in [0.1, 0.15) is 5.82 Å². The third-order valence-electron chi connectivity index (χ3n) is 3.36. The average Bonchev–Trinajstić information content (AvgIpc) is 2.55. The van der Waals surface area contributed by atoms with E-state index >= 15 is 0 Å². The van der Waals surface area contributed by atoms with Crippen molar-refractivity contribution < 1.29 is 4.39 Å². The van der Waals surface area contributed by atoms with Gasteiger partial charge in [0.05, 0.1) is 0 Å². The molecule has 0 radical (unpaired) electrons. The number of hydrogen-bond donors (Lipinski definition) is 0. The standard InChI is InChI=1S/C15H19F/c1-9(2)13-7-11-5-6-12(16)8-14(11)15(13)10(3)4/h5-6,8-10H,7H2,1-4H3. The monoisotopic (exact) mass is 218 g/mol. The van der Waals surface area contributed by atoms with Crippen molar-refractivity contribution in [1.29, 1.82) is 0 Å². The van der Waals surface area contributed by atoms with Gasteiger partial charge in [-0.25, -0.2) is 4.39 Å². The maximum Gasteiger partial charge on any atom is 0.123 e. The second kappa shape index (κ2) is 4.04. The molecule has 2 rings (SSSR count). The molecule has 1 aromatic rings. The molecule has 0 amide bonds. The molecule has 0 bridgehead atoms. The first kappa shape index (κ1) is 11.4. The zero-order valence-corrected chi connectivity index (χ0v) is 10.5. The second-order valence-electron chi connectivity index (χ2n) is 5.23. The lowest BCUT2D eigenvalue weighted by atomic mass is 9.91. The molecule has 0 heterocycles. The van der Waals surface area contributed by atoms with E-state index in [-0.39, 0.29) is 5.82 Å². The van der Waals surface area contributed by atoms with Crippen molar-refractivity contribution in [3.63, 3.8) is 0 Å². The quantitative estimate of drug-likeness (QED) is 0.688. The number of fused-ring (bicyclic) bond motifs is 1. The predicted octanol–water partition coefficient (Wildman–Crippen LogP) is 4.45. The first-order chi connectivity index (χ1) is 7.50. The Kier molecular flexibility index (Phi) is 2.88. The summed E-state index contributed by atoms with van der Waals surface area (Å²) in [4.78, 5) is 0. The van der Waals surface area contributed by atoms with Gasteiger partial charge in [-0.1, -0.05) is 39.3 Å². The highest BCUT2D eigenvalue weighted by Crippen LogP contribution is 2.40. The molecule has 16 heavy (non-hydrogen) atoms. The molecule has 1 heteroatoms.